The second-order valence-corrected chi connectivity index (χ2v) is 4.65. The molecule has 0 spiro atoms. The molecule has 3 aromatic rings. The summed E-state index contributed by atoms with van der Waals surface area (Å²) in [5.74, 6) is 1.88. The third-order valence-electron chi connectivity index (χ3n) is 3.19. The van der Waals surface area contributed by atoms with Crippen molar-refractivity contribution in [2.45, 2.75) is 6.92 Å². The Bertz CT molecular complexity index is 715. The predicted octanol–water partition coefficient (Wildman–Crippen LogP) is 3.85. The van der Waals surface area contributed by atoms with Crippen LogP contribution in [0.15, 0.2) is 54.7 Å². The van der Waals surface area contributed by atoms with Gasteiger partial charge in [0.05, 0.1) is 18.5 Å². The highest BCUT2D eigenvalue weighted by atomic mass is 16.5. The van der Waals surface area contributed by atoms with Crippen molar-refractivity contribution in [2.75, 3.05) is 6.61 Å². The number of H-pyrrole nitrogens is 1. The Kier molecular flexibility index (Phi) is 3.60. The lowest BCUT2D eigenvalue weighted by molar-refractivity contribution is 0.340. The fraction of sp³-hybridized carbons (Fsp3) is 0.118. The highest BCUT2D eigenvalue weighted by Crippen LogP contribution is 2.25. The molecular formula is C17H16N2O2. The van der Waals surface area contributed by atoms with E-state index in [9.17, 15) is 5.11 Å². The number of nitrogens with zero attached hydrogens (tertiary/aromatic N) is 1. The molecule has 3 rings (SSSR count). The summed E-state index contributed by atoms with van der Waals surface area (Å²) in [5, 5.41) is 9.31. The van der Waals surface area contributed by atoms with E-state index in [4.69, 9.17) is 4.74 Å². The minimum atomic E-state index is 0.247. The van der Waals surface area contributed by atoms with E-state index in [2.05, 4.69) is 9.97 Å². The predicted molar refractivity (Wildman–Crippen MR) is 82.3 cm³/mol. The maximum absolute atomic E-state index is 9.31. The minimum Gasteiger partial charge on any atom is -0.508 e. The summed E-state index contributed by atoms with van der Waals surface area (Å²) in [6, 6.07) is 14.8. The van der Waals surface area contributed by atoms with Gasteiger partial charge in [0, 0.05) is 5.56 Å². The van der Waals surface area contributed by atoms with Crippen LogP contribution in [0, 0.1) is 0 Å². The number of aromatic hydroxyl groups is 1. The summed E-state index contributed by atoms with van der Waals surface area (Å²) in [7, 11) is 0. The standard InChI is InChI=1S/C17H16N2O2/c1-2-21-15-9-5-12(6-10-15)16-11-18-17(19-16)13-3-7-14(20)8-4-13/h3-11,20H,2H2,1H3,(H,18,19). The molecule has 2 aromatic carbocycles. The highest BCUT2D eigenvalue weighted by molar-refractivity contribution is 5.65. The average molecular weight is 280 g/mol. The maximum atomic E-state index is 9.31. The summed E-state index contributed by atoms with van der Waals surface area (Å²) < 4.78 is 5.43. The Balaban J connectivity index is 1.85. The number of aromatic nitrogens is 2. The molecule has 2 N–H and O–H groups in total. The van der Waals surface area contributed by atoms with Crippen molar-refractivity contribution in [1.82, 2.24) is 9.97 Å². The number of hydrogen-bond acceptors (Lipinski definition) is 3. The summed E-state index contributed by atoms with van der Waals surface area (Å²) in [6.45, 7) is 2.63. The normalized spacial score (nSPS) is 10.5. The van der Waals surface area contributed by atoms with Gasteiger partial charge in [-0.1, -0.05) is 0 Å². The molecule has 1 aromatic heterocycles. The Morgan fingerprint density at radius 1 is 1.00 bits per heavy atom. The van der Waals surface area contributed by atoms with Crippen LogP contribution in [0.5, 0.6) is 11.5 Å². The molecule has 0 radical (unpaired) electrons. The number of phenols is 1. The van der Waals surface area contributed by atoms with Gasteiger partial charge in [0.15, 0.2) is 0 Å². The zero-order chi connectivity index (χ0) is 14.7. The Labute approximate surface area is 123 Å². The van der Waals surface area contributed by atoms with Gasteiger partial charge in [0.2, 0.25) is 0 Å². The van der Waals surface area contributed by atoms with Crippen molar-refractivity contribution in [1.29, 1.82) is 0 Å². The van der Waals surface area contributed by atoms with Gasteiger partial charge in [-0.25, -0.2) is 4.98 Å². The lowest BCUT2D eigenvalue weighted by Crippen LogP contribution is -1.90. The summed E-state index contributed by atoms with van der Waals surface area (Å²) >= 11 is 0. The summed E-state index contributed by atoms with van der Waals surface area (Å²) in [4.78, 5) is 7.67. The van der Waals surface area contributed by atoms with Gasteiger partial charge in [-0.3, -0.25) is 0 Å². The van der Waals surface area contributed by atoms with Gasteiger partial charge in [0.1, 0.15) is 17.3 Å². The van der Waals surface area contributed by atoms with Crippen LogP contribution in [-0.2, 0) is 0 Å². The fourth-order valence-electron chi connectivity index (χ4n) is 2.13. The molecule has 0 atom stereocenters. The van der Waals surface area contributed by atoms with Crippen molar-refractivity contribution in [3.8, 4) is 34.1 Å². The molecule has 1 heterocycles. The largest absolute Gasteiger partial charge is 0.508 e. The molecule has 0 amide bonds. The smallest absolute Gasteiger partial charge is 0.137 e. The van der Waals surface area contributed by atoms with Crippen LogP contribution in [0.4, 0.5) is 0 Å². The Hall–Kier alpha value is -2.75. The van der Waals surface area contributed by atoms with Crippen molar-refractivity contribution < 1.29 is 9.84 Å². The molecule has 0 fully saturated rings. The van der Waals surface area contributed by atoms with Crippen LogP contribution < -0.4 is 4.74 Å². The molecule has 21 heavy (non-hydrogen) atoms. The second-order valence-electron chi connectivity index (χ2n) is 4.65. The number of phenolic OH excluding ortho intramolecular Hbond substituents is 1. The molecule has 0 saturated carbocycles. The van der Waals surface area contributed by atoms with Crippen molar-refractivity contribution in [3.05, 3.63) is 54.7 Å². The van der Waals surface area contributed by atoms with E-state index in [1.165, 1.54) is 0 Å². The molecule has 106 valence electrons. The molecule has 4 heteroatoms. The molecule has 0 bridgehead atoms. The topological polar surface area (TPSA) is 58.1 Å². The van der Waals surface area contributed by atoms with E-state index in [1.54, 1.807) is 18.3 Å². The monoisotopic (exact) mass is 280 g/mol. The first-order chi connectivity index (χ1) is 10.3. The van der Waals surface area contributed by atoms with Crippen LogP contribution in [0.25, 0.3) is 22.6 Å². The van der Waals surface area contributed by atoms with Gasteiger partial charge in [-0.2, -0.15) is 0 Å². The number of ether oxygens (including phenoxy) is 1. The molecule has 4 nitrogen and oxygen atoms in total. The van der Waals surface area contributed by atoms with Gasteiger partial charge < -0.3 is 14.8 Å². The zero-order valence-electron chi connectivity index (χ0n) is 11.7. The zero-order valence-corrected chi connectivity index (χ0v) is 11.7. The van der Waals surface area contributed by atoms with E-state index >= 15 is 0 Å². The first-order valence-electron chi connectivity index (χ1n) is 6.84. The van der Waals surface area contributed by atoms with Gasteiger partial charge >= 0.3 is 0 Å². The number of nitrogens with one attached hydrogen (secondary N) is 1. The maximum Gasteiger partial charge on any atom is 0.137 e. The minimum absolute atomic E-state index is 0.247. The molecular weight excluding hydrogens is 264 g/mol. The lowest BCUT2D eigenvalue weighted by Gasteiger charge is -2.03. The molecule has 0 aliphatic carbocycles. The number of aromatic amines is 1. The van der Waals surface area contributed by atoms with Crippen LogP contribution in [-0.4, -0.2) is 21.7 Å². The summed E-state index contributed by atoms with van der Waals surface area (Å²) in [6.07, 6.45) is 1.80. The van der Waals surface area contributed by atoms with Crippen LogP contribution in [0.2, 0.25) is 0 Å². The molecule has 0 aliphatic rings. The van der Waals surface area contributed by atoms with Crippen LogP contribution in [0.3, 0.4) is 0 Å². The quantitative estimate of drug-likeness (QED) is 0.763. The SMILES string of the molecule is CCOc1ccc(-c2cnc(-c3ccc(O)cc3)[nH]2)cc1. The van der Waals surface area contributed by atoms with E-state index in [1.807, 2.05) is 43.3 Å². The molecule has 0 unspecified atom stereocenters. The Morgan fingerprint density at radius 3 is 2.33 bits per heavy atom. The van der Waals surface area contributed by atoms with Crippen LogP contribution in [0.1, 0.15) is 6.92 Å². The van der Waals surface area contributed by atoms with Crippen molar-refractivity contribution in [2.24, 2.45) is 0 Å². The highest BCUT2D eigenvalue weighted by Gasteiger charge is 2.05. The number of hydrogen-bond donors (Lipinski definition) is 2. The fourth-order valence-corrected chi connectivity index (χ4v) is 2.13. The number of imidazole rings is 1. The third-order valence-corrected chi connectivity index (χ3v) is 3.19. The average Bonchev–Trinajstić information content (AvgIpc) is 2.99. The van der Waals surface area contributed by atoms with E-state index in [0.29, 0.717) is 6.61 Å². The lowest BCUT2D eigenvalue weighted by atomic mass is 10.1. The Morgan fingerprint density at radius 2 is 1.67 bits per heavy atom. The van der Waals surface area contributed by atoms with E-state index in [0.717, 1.165) is 28.4 Å². The van der Waals surface area contributed by atoms with Crippen molar-refractivity contribution in [3.63, 3.8) is 0 Å². The third kappa shape index (κ3) is 2.89. The van der Waals surface area contributed by atoms with E-state index < -0.39 is 0 Å². The van der Waals surface area contributed by atoms with Gasteiger partial charge in [-0.05, 0) is 61.0 Å². The van der Waals surface area contributed by atoms with Gasteiger partial charge in [-0.15, -0.1) is 0 Å². The first-order valence-corrected chi connectivity index (χ1v) is 6.84. The van der Waals surface area contributed by atoms with E-state index in [-0.39, 0.29) is 5.75 Å². The van der Waals surface area contributed by atoms with Crippen LogP contribution >= 0.6 is 0 Å². The van der Waals surface area contributed by atoms with Crippen molar-refractivity contribution >= 4 is 0 Å². The first kappa shape index (κ1) is 13.2. The molecule has 0 saturated heterocycles. The number of benzene rings is 2. The second kappa shape index (κ2) is 5.71. The molecule has 0 aliphatic heterocycles. The number of rotatable bonds is 4. The summed E-state index contributed by atoms with van der Waals surface area (Å²) in [5.41, 5.74) is 2.93. The van der Waals surface area contributed by atoms with Gasteiger partial charge in [0.25, 0.3) is 0 Å².